The van der Waals surface area contributed by atoms with Crippen LogP contribution in [0, 0.1) is 17.3 Å². The summed E-state index contributed by atoms with van der Waals surface area (Å²) >= 11 is 0. The standard InChI is InChI=1S/C22H30O4/c1-3-25-21(24)13-26-15-5-7-16-14(12-15)4-6-18-17(16)10-11-22(2)19(18)8-9-20(22)23/h5,7,12,17-20,23H,3-4,6,8-11,13H2,1-2H3/t17-,18-,19+,20+,22+/m1/s1. The second kappa shape index (κ2) is 6.88. The van der Waals surface area contributed by atoms with Gasteiger partial charge in [0.05, 0.1) is 12.7 Å². The number of esters is 1. The van der Waals surface area contributed by atoms with Crippen LogP contribution in [0.15, 0.2) is 18.2 Å². The van der Waals surface area contributed by atoms with Crippen molar-refractivity contribution in [3.05, 3.63) is 29.3 Å². The van der Waals surface area contributed by atoms with E-state index in [0.717, 1.165) is 25.0 Å². The molecule has 0 aromatic heterocycles. The summed E-state index contributed by atoms with van der Waals surface area (Å²) in [5.41, 5.74) is 2.96. The number of carbonyl (C=O) groups is 1. The van der Waals surface area contributed by atoms with Crippen molar-refractivity contribution in [2.45, 2.75) is 64.4 Å². The minimum Gasteiger partial charge on any atom is -0.482 e. The molecular weight excluding hydrogens is 328 g/mol. The molecule has 0 radical (unpaired) electrons. The van der Waals surface area contributed by atoms with E-state index in [1.807, 2.05) is 6.07 Å². The average molecular weight is 358 g/mol. The summed E-state index contributed by atoms with van der Waals surface area (Å²) in [5, 5.41) is 10.5. The van der Waals surface area contributed by atoms with Gasteiger partial charge in [0.15, 0.2) is 6.61 Å². The van der Waals surface area contributed by atoms with Gasteiger partial charge >= 0.3 is 5.97 Å². The molecule has 5 atom stereocenters. The Kier molecular flexibility index (Phi) is 4.72. The fraction of sp³-hybridized carbons (Fsp3) is 0.682. The van der Waals surface area contributed by atoms with Crippen LogP contribution in [-0.2, 0) is 16.0 Å². The number of rotatable bonds is 4. The van der Waals surface area contributed by atoms with Crippen molar-refractivity contribution in [3.8, 4) is 5.75 Å². The molecule has 0 amide bonds. The van der Waals surface area contributed by atoms with E-state index in [4.69, 9.17) is 9.47 Å². The maximum Gasteiger partial charge on any atom is 0.344 e. The first kappa shape index (κ1) is 17.8. The first-order valence-corrected chi connectivity index (χ1v) is 10.1. The molecule has 0 heterocycles. The van der Waals surface area contributed by atoms with E-state index >= 15 is 0 Å². The highest BCUT2D eigenvalue weighted by molar-refractivity contribution is 5.71. The molecule has 0 saturated heterocycles. The van der Waals surface area contributed by atoms with Gasteiger partial charge in [0.2, 0.25) is 0 Å². The van der Waals surface area contributed by atoms with Crippen molar-refractivity contribution in [3.63, 3.8) is 0 Å². The topological polar surface area (TPSA) is 55.8 Å². The molecule has 1 N–H and O–H groups in total. The van der Waals surface area contributed by atoms with E-state index in [-0.39, 0.29) is 24.1 Å². The number of hydrogen-bond acceptors (Lipinski definition) is 4. The number of benzene rings is 1. The van der Waals surface area contributed by atoms with Crippen molar-refractivity contribution >= 4 is 5.97 Å². The maximum atomic E-state index is 11.5. The third-order valence-electron chi connectivity index (χ3n) is 7.31. The Morgan fingerprint density at radius 3 is 2.92 bits per heavy atom. The summed E-state index contributed by atoms with van der Waals surface area (Å²) in [6.45, 7) is 4.46. The number of aliphatic hydroxyl groups is 1. The van der Waals surface area contributed by atoms with E-state index in [2.05, 4.69) is 19.1 Å². The molecule has 3 aliphatic rings. The van der Waals surface area contributed by atoms with Gasteiger partial charge in [-0.05, 0) is 91.9 Å². The van der Waals surface area contributed by atoms with E-state index in [1.165, 1.54) is 30.4 Å². The Morgan fingerprint density at radius 2 is 2.12 bits per heavy atom. The maximum absolute atomic E-state index is 11.5. The van der Waals surface area contributed by atoms with E-state index < -0.39 is 0 Å². The third kappa shape index (κ3) is 2.92. The van der Waals surface area contributed by atoms with Gasteiger partial charge < -0.3 is 14.6 Å². The van der Waals surface area contributed by atoms with Gasteiger partial charge in [-0.25, -0.2) is 4.79 Å². The minimum absolute atomic E-state index is 0.0308. The van der Waals surface area contributed by atoms with Gasteiger partial charge in [-0.1, -0.05) is 13.0 Å². The smallest absolute Gasteiger partial charge is 0.344 e. The van der Waals surface area contributed by atoms with Crippen LogP contribution in [0.4, 0.5) is 0 Å². The Labute approximate surface area is 155 Å². The van der Waals surface area contributed by atoms with Crippen LogP contribution in [0.1, 0.15) is 63.0 Å². The zero-order valence-corrected chi connectivity index (χ0v) is 15.9. The Morgan fingerprint density at radius 1 is 1.27 bits per heavy atom. The lowest BCUT2D eigenvalue weighted by Crippen LogP contribution is -2.43. The molecule has 4 heteroatoms. The van der Waals surface area contributed by atoms with Crippen molar-refractivity contribution in [1.82, 2.24) is 0 Å². The van der Waals surface area contributed by atoms with Gasteiger partial charge in [-0.2, -0.15) is 0 Å². The number of aryl methyl sites for hydroxylation is 1. The molecular formula is C22H30O4. The van der Waals surface area contributed by atoms with Crippen molar-refractivity contribution in [1.29, 1.82) is 0 Å². The van der Waals surface area contributed by atoms with Crippen LogP contribution in [0.2, 0.25) is 0 Å². The summed E-state index contributed by atoms with van der Waals surface area (Å²) in [7, 11) is 0. The largest absolute Gasteiger partial charge is 0.482 e. The second-order valence-electron chi connectivity index (χ2n) is 8.51. The predicted molar refractivity (Wildman–Crippen MR) is 99.2 cm³/mol. The fourth-order valence-electron chi connectivity index (χ4n) is 5.97. The zero-order chi connectivity index (χ0) is 18.3. The summed E-state index contributed by atoms with van der Waals surface area (Å²) in [5.74, 6) is 2.40. The molecule has 1 aromatic rings. The first-order valence-electron chi connectivity index (χ1n) is 10.1. The van der Waals surface area contributed by atoms with E-state index in [0.29, 0.717) is 24.4 Å². The molecule has 0 aliphatic heterocycles. The van der Waals surface area contributed by atoms with Crippen LogP contribution in [-0.4, -0.2) is 30.4 Å². The van der Waals surface area contributed by atoms with Crippen LogP contribution in [0.25, 0.3) is 0 Å². The molecule has 26 heavy (non-hydrogen) atoms. The molecule has 0 spiro atoms. The summed E-state index contributed by atoms with van der Waals surface area (Å²) in [4.78, 5) is 11.5. The quantitative estimate of drug-likeness (QED) is 0.831. The highest BCUT2D eigenvalue weighted by Crippen LogP contribution is 2.60. The third-order valence-corrected chi connectivity index (χ3v) is 7.31. The fourth-order valence-corrected chi connectivity index (χ4v) is 5.97. The molecule has 2 fully saturated rings. The van der Waals surface area contributed by atoms with Crippen LogP contribution >= 0.6 is 0 Å². The van der Waals surface area contributed by atoms with Crippen molar-refractivity contribution in [2.24, 2.45) is 17.3 Å². The van der Waals surface area contributed by atoms with E-state index in [1.54, 1.807) is 6.92 Å². The molecule has 0 bridgehead atoms. The zero-order valence-electron chi connectivity index (χ0n) is 15.9. The van der Waals surface area contributed by atoms with Gasteiger partial charge in [0, 0.05) is 0 Å². The molecule has 3 aliphatic carbocycles. The normalized spacial score (nSPS) is 35.2. The molecule has 2 saturated carbocycles. The Hall–Kier alpha value is -1.55. The van der Waals surface area contributed by atoms with Crippen LogP contribution < -0.4 is 4.74 Å². The predicted octanol–water partition coefficient (Wildman–Crippen LogP) is 3.85. The molecule has 4 nitrogen and oxygen atoms in total. The Balaban J connectivity index is 1.50. The molecule has 4 rings (SSSR count). The molecule has 1 aromatic carbocycles. The van der Waals surface area contributed by atoms with Crippen molar-refractivity contribution < 1.29 is 19.4 Å². The number of hydrogen-bond donors (Lipinski definition) is 1. The summed E-state index contributed by atoms with van der Waals surface area (Å²) < 4.78 is 10.5. The molecule has 0 unspecified atom stereocenters. The minimum atomic E-state index is -0.323. The van der Waals surface area contributed by atoms with Gasteiger partial charge in [-0.15, -0.1) is 0 Å². The Bertz CT molecular complexity index is 685. The molecule has 142 valence electrons. The highest BCUT2D eigenvalue weighted by Gasteiger charge is 2.54. The van der Waals surface area contributed by atoms with Crippen molar-refractivity contribution in [2.75, 3.05) is 13.2 Å². The average Bonchev–Trinajstić information content (AvgIpc) is 2.95. The first-order chi connectivity index (χ1) is 12.5. The number of aliphatic hydroxyl groups excluding tert-OH is 1. The second-order valence-corrected chi connectivity index (χ2v) is 8.51. The summed E-state index contributed by atoms with van der Waals surface area (Å²) in [6, 6.07) is 6.32. The SMILES string of the molecule is CCOC(=O)COc1ccc2c(c1)CC[C@@H]1[C@@H]2CC[C@]2(C)[C@@H](O)CC[C@@H]12. The van der Waals surface area contributed by atoms with Crippen LogP contribution in [0.3, 0.4) is 0 Å². The van der Waals surface area contributed by atoms with E-state index in [9.17, 15) is 9.90 Å². The van der Waals surface area contributed by atoms with Gasteiger partial charge in [0.1, 0.15) is 5.75 Å². The number of ether oxygens (including phenoxy) is 2. The number of carbonyl (C=O) groups excluding carboxylic acids is 1. The lowest BCUT2D eigenvalue weighted by atomic mass is 9.55. The number of fused-ring (bicyclic) bond motifs is 5. The monoisotopic (exact) mass is 358 g/mol. The van der Waals surface area contributed by atoms with Gasteiger partial charge in [0.25, 0.3) is 0 Å². The highest BCUT2D eigenvalue weighted by atomic mass is 16.6. The van der Waals surface area contributed by atoms with Gasteiger partial charge in [-0.3, -0.25) is 0 Å². The lowest BCUT2D eigenvalue weighted by Gasteiger charge is -2.50. The lowest BCUT2D eigenvalue weighted by molar-refractivity contribution is -0.145. The van der Waals surface area contributed by atoms with Crippen LogP contribution in [0.5, 0.6) is 5.75 Å². The summed E-state index contributed by atoms with van der Waals surface area (Å²) in [6.07, 6.45) is 6.59.